The number of piperidine rings is 1. The number of ether oxygens (including phenoxy) is 1. The molecule has 1 saturated heterocycles. The topological polar surface area (TPSA) is 61.8 Å². The van der Waals surface area contributed by atoms with Gasteiger partial charge in [-0.3, -0.25) is 9.98 Å². The molecule has 1 aliphatic heterocycles. The fraction of sp³-hybridized carbons (Fsp3) is 0.647. The van der Waals surface area contributed by atoms with Crippen molar-refractivity contribution in [3.8, 4) is 0 Å². The van der Waals surface area contributed by atoms with Crippen molar-refractivity contribution in [2.24, 2.45) is 4.99 Å². The average Bonchev–Trinajstić information content (AvgIpc) is 2.59. The second-order valence-corrected chi connectivity index (χ2v) is 5.95. The van der Waals surface area contributed by atoms with Crippen LogP contribution >= 0.6 is 0 Å². The average molecular weight is 319 g/mol. The van der Waals surface area contributed by atoms with E-state index in [0.29, 0.717) is 12.6 Å². The van der Waals surface area contributed by atoms with Crippen LogP contribution in [-0.4, -0.2) is 62.3 Å². The summed E-state index contributed by atoms with van der Waals surface area (Å²) in [5.74, 6) is 0.852. The molecular weight excluding hydrogens is 290 g/mol. The van der Waals surface area contributed by atoms with E-state index in [4.69, 9.17) is 4.74 Å². The number of nitrogens with one attached hydrogen (secondary N) is 2. The fourth-order valence-electron chi connectivity index (χ4n) is 2.78. The Morgan fingerprint density at radius 2 is 2.22 bits per heavy atom. The maximum atomic E-state index is 5.14. The number of hydrogen-bond donors (Lipinski definition) is 2. The van der Waals surface area contributed by atoms with E-state index in [1.807, 2.05) is 19.3 Å². The van der Waals surface area contributed by atoms with Gasteiger partial charge in [-0.2, -0.15) is 0 Å². The minimum atomic E-state index is 0.477. The van der Waals surface area contributed by atoms with E-state index in [0.717, 1.165) is 50.7 Å². The number of methoxy groups -OCH3 is 1. The molecule has 1 aromatic rings. The van der Waals surface area contributed by atoms with Gasteiger partial charge in [-0.15, -0.1) is 0 Å². The molecule has 0 atom stereocenters. The predicted molar refractivity (Wildman–Crippen MR) is 93.6 cm³/mol. The van der Waals surface area contributed by atoms with E-state index in [1.54, 1.807) is 7.11 Å². The molecular formula is C17H29N5O. The number of guanidine groups is 1. The van der Waals surface area contributed by atoms with Crippen LogP contribution in [0.3, 0.4) is 0 Å². The van der Waals surface area contributed by atoms with E-state index in [9.17, 15) is 0 Å². The highest BCUT2D eigenvalue weighted by Gasteiger charge is 2.19. The van der Waals surface area contributed by atoms with Crippen LogP contribution in [0.2, 0.25) is 0 Å². The molecule has 6 nitrogen and oxygen atoms in total. The van der Waals surface area contributed by atoms with Gasteiger partial charge in [0, 0.05) is 46.0 Å². The van der Waals surface area contributed by atoms with Gasteiger partial charge in [-0.25, -0.2) is 0 Å². The van der Waals surface area contributed by atoms with Crippen LogP contribution in [-0.2, 0) is 11.3 Å². The lowest BCUT2D eigenvalue weighted by atomic mass is 10.1. The summed E-state index contributed by atoms with van der Waals surface area (Å²) < 4.78 is 5.14. The van der Waals surface area contributed by atoms with E-state index < -0.39 is 0 Å². The molecule has 2 heterocycles. The van der Waals surface area contributed by atoms with E-state index >= 15 is 0 Å². The first kappa shape index (κ1) is 17.7. The number of aromatic nitrogens is 1. The lowest BCUT2D eigenvalue weighted by Crippen LogP contribution is -2.49. The van der Waals surface area contributed by atoms with Crippen molar-refractivity contribution in [3.05, 3.63) is 29.6 Å². The summed E-state index contributed by atoms with van der Waals surface area (Å²) in [6, 6.07) is 4.52. The van der Waals surface area contributed by atoms with Gasteiger partial charge in [-0.1, -0.05) is 6.07 Å². The summed E-state index contributed by atoms with van der Waals surface area (Å²) in [6.07, 6.45) is 4.09. The highest BCUT2D eigenvalue weighted by atomic mass is 16.5. The van der Waals surface area contributed by atoms with Crippen LogP contribution in [0.1, 0.15) is 24.1 Å². The van der Waals surface area contributed by atoms with Crippen LogP contribution in [0.15, 0.2) is 23.3 Å². The van der Waals surface area contributed by atoms with Crippen molar-refractivity contribution >= 4 is 5.96 Å². The Morgan fingerprint density at radius 1 is 1.43 bits per heavy atom. The third kappa shape index (κ3) is 5.80. The monoisotopic (exact) mass is 319 g/mol. The van der Waals surface area contributed by atoms with Crippen molar-refractivity contribution in [1.82, 2.24) is 20.5 Å². The van der Waals surface area contributed by atoms with Gasteiger partial charge in [0.2, 0.25) is 0 Å². The number of aryl methyl sites for hydroxylation is 1. The second kappa shape index (κ2) is 9.47. The Hall–Kier alpha value is -1.66. The highest BCUT2D eigenvalue weighted by molar-refractivity contribution is 5.79. The van der Waals surface area contributed by atoms with Gasteiger partial charge in [0.05, 0.1) is 18.8 Å². The molecule has 2 rings (SSSR count). The molecule has 6 heteroatoms. The van der Waals surface area contributed by atoms with Crippen LogP contribution in [0.25, 0.3) is 0 Å². The van der Waals surface area contributed by atoms with Crippen molar-refractivity contribution in [3.63, 3.8) is 0 Å². The molecule has 0 aliphatic carbocycles. The van der Waals surface area contributed by atoms with Crippen molar-refractivity contribution in [2.45, 2.75) is 32.4 Å². The number of pyridine rings is 1. The number of nitrogens with zero attached hydrogens (tertiary/aromatic N) is 3. The third-order valence-electron chi connectivity index (χ3n) is 4.30. The van der Waals surface area contributed by atoms with Crippen molar-refractivity contribution < 1.29 is 4.74 Å². The highest BCUT2D eigenvalue weighted by Crippen LogP contribution is 2.10. The largest absolute Gasteiger partial charge is 0.383 e. The van der Waals surface area contributed by atoms with E-state index in [2.05, 4.69) is 38.5 Å². The van der Waals surface area contributed by atoms with Crippen LogP contribution < -0.4 is 10.6 Å². The molecule has 0 radical (unpaired) electrons. The lowest BCUT2D eigenvalue weighted by Gasteiger charge is -2.32. The van der Waals surface area contributed by atoms with Gasteiger partial charge in [0.1, 0.15) is 0 Å². The molecule has 128 valence electrons. The Morgan fingerprint density at radius 3 is 2.87 bits per heavy atom. The molecule has 0 unspecified atom stereocenters. The quantitative estimate of drug-likeness (QED) is 0.609. The summed E-state index contributed by atoms with van der Waals surface area (Å²) in [4.78, 5) is 11.2. The van der Waals surface area contributed by atoms with Gasteiger partial charge in [0.15, 0.2) is 5.96 Å². The Labute approximate surface area is 139 Å². The first-order valence-corrected chi connectivity index (χ1v) is 8.32. The zero-order valence-electron chi connectivity index (χ0n) is 14.5. The number of aliphatic imine (C=N–C) groups is 1. The Balaban J connectivity index is 1.74. The first-order chi connectivity index (χ1) is 11.2. The molecule has 0 bridgehead atoms. The summed E-state index contributed by atoms with van der Waals surface area (Å²) in [5.41, 5.74) is 2.26. The maximum Gasteiger partial charge on any atom is 0.191 e. The fourth-order valence-corrected chi connectivity index (χ4v) is 2.78. The number of hydrogen-bond acceptors (Lipinski definition) is 4. The molecule has 0 aromatic carbocycles. The SMILES string of the molecule is CN=C(NCc1ncccc1C)NC1CCN(CCOC)CC1. The molecule has 1 aromatic heterocycles. The third-order valence-corrected chi connectivity index (χ3v) is 4.30. The number of rotatable bonds is 6. The lowest BCUT2D eigenvalue weighted by molar-refractivity contribution is 0.128. The zero-order chi connectivity index (χ0) is 16.5. The number of likely N-dealkylation sites (tertiary alicyclic amines) is 1. The van der Waals surface area contributed by atoms with E-state index in [1.165, 1.54) is 5.56 Å². The second-order valence-electron chi connectivity index (χ2n) is 5.95. The smallest absolute Gasteiger partial charge is 0.191 e. The molecule has 1 aliphatic rings. The first-order valence-electron chi connectivity index (χ1n) is 8.32. The van der Waals surface area contributed by atoms with Crippen molar-refractivity contribution in [2.75, 3.05) is 40.4 Å². The van der Waals surface area contributed by atoms with Crippen molar-refractivity contribution in [1.29, 1.82) is 0 Å². The maximum absolute atomic E-state index is 5.14. The van der Waals surface area contributed by atoms with Crippen LogP contribution in [0.5, 0.6) is 0 Å². The summed E-state index contributed by atoms with van der Waals surface area (Å²) in [6.45, 7) is 6.82. The predicted octanol–water partition coefficient (Wildman–Crippen LogP) is 1.17. The summed E-state index contributed by atoms with van der Waals surface area (Å²) in [7, 11) is 3.57. The van der Waals surface area contributed by atoms with Crippen LogP contribution in [0, 0.1) is 6.92 Å². The Bertz CT molecular complexity index is 498. The zero-order valence-corrected chi connectivity index (χ0v) is 14.5. The minimum absolute atomic E-state index is 0.477. The standard InChI is InChI=1S/C17H29N5O/c1-14-5-4-8-19-16(14)13-20-17(18-2)21-15-6-9-22(10-7-15)11-12-23-3/h4-5,8,15H,6-7,9-13H2,1-3H3,(H2,18,20,21). The molecule has 23 heavy (non-hydrogen) atoms. The molecule has 0 spiro atoms. The van der Waals surface area contributed by atoms with E-state index in [-0.39, 0.29) is 0 Å². The van der Waals surface area contributed by atoms with Gasteiger partial charge in [0.25, 0.3) is 0 Å². The molecule has 0 amide bonds. The Kier molecular flexibility index (Phi) is 7.29. The van der Waals surface area contributed by atoms with Crippen LogP contribution in [0.4, 0.5) is 0 Å². The molecule has 0 saturated carbocycles. The summed E-state index contributed by atoms with van der Waals surface area (Å²) in [5, 5.41) is 6.89. The van der Waals surface area contributed by atoms with Gasteiger partial charge >= 0.3 is 0 Å². The normalized spacial score (nSPS) is 17.3. The van der Waals surface area contributed by atoms with Gasteiger partial charge < -0.3 is 20.3 Å². The minimum Gasteiger partial charge on any atom is -0.383 e. The molecule has 1 fully saturated rings. The summed E-state index contributed by atoms with van der Waals surface area (Å²) >= 11 is 0. The molecule has 2 N–H and O–H groups in total. The van der Waals surface area contributed by atoms with Gasteiger partial charge in [-0.05, 0) is 31.4 Å².